The third-order valence-corrected chi connectivity index (χ3v) is 3.57. The second-order valence-electron chi connectivity index (χ2n) is 4.03. The van der Waals surface area contributed by atoms with E-state index in [1.165, 1.54) is 0 Å². The molecule has 0 bridgehead atoms. The molecule has 1 aliphatic carbocycles. The lowest BCUT2D eigenvalue weighted by Gasteiger charge is -2.17. The largest absolute Gasteiger partial charge is 0.440 e. The standard InChI is InChI=1S/C11H13Cl2NO2/c12-6-7-2-1-3-8(7)14-11(15)9-4-5-10(13)16-9/h4-5,7-8H,1-3,6H2,(H,14,15). The fourth-order valence-electron chi connectivity index (χ4n) is 2.09. The molecule has 16 heavy (non-hydrogen) atoms. The molecule has 3 nitrogen and oxygen atoms in total. The number of hydrogen-bond donors (Lipinski definition) is 1. The lowest BCUT2D eigenvalue weighted by atomic mass is 10.1. The second-order valence-corrected chi connectivity index (χ2v) is 4.71. The van der Waals surface area contributed by atoms with Gasteiger partial charge in [-0.05, 0) is 42.5 Å². The predicted molar refractivity (Wildman–Crippen MR) is 63.0 cm³/mol. The smallest absolute Gasteiger partial charge is 0.287 e. The Morgan fingerprint density at radius 2 is 2.31 bits per heavy atom. The van der Waals surface area contributed by atoms with Crippen molar-refractivity contribution in [2.75, 3.05) is 5.88 Å². The minimum Gasteiger partial charge on any atom is -0.440 e. The average Bonchev–Trinajstić information content (AvgIpc) is 2.86. The summed E-state index contributed by atoms with van der Waals surface area (Å²) in [5.74, 6) is 0.999. The third-order valence-electron chi connectivity index (χ3n) is 2.97. The topological polar surface area (TPSA) is 42.2 Å². The van der Waals surface area contributed by atoms with Crippen molar-refractivity contribution in [3.05, 3.63) is 23.1 Å². The van der Waals surface area contributed by atoms with Gasteiger partial charge >= 0.3 is 0 Å². The highest BCUT2D eigenvalue weighted by molar-refractivity contribution is 6.29. The summed E-state index contributed by atoms with van der Waals surface area (Å²) in [6, 6.07) is 3.29. The minimum absolute atomic E-state index is 0.161. The van der Waals surface area contributed by atoms with Crippen LogP contribution in [0.1, 0.15) is 29.8 Å². The minimum atomic E-state index is -0.214. The highest BCUT2D eigenvalue weighted by Gasteiger charge is 2.28. The molecule has 0 aliphatic heterocycles. The molecule has 0 saturated heterocycles. The summed E-state index contributed by atoms with van der Waals surface area (Å²) in [7, 11) is 0. The van der Waals surface area contributed by atoms with Gasteiger partial charge in [-0.3, -0.25) is 4.79 Å². The van der Waals surface area contributed by atoms with Crippen molar-refractivity contribution < 1.29 is 9.21 Å². The van der Waals surface area contributed by atoms with Crippen LogP contribution in [0.15, 0.2) is 16.5 Å². The first-order chi connectivity index (χ1) is 7.70. The van der Waals surface area contributed by atoms with Crippen LogP contribution in [0.4, 0.5) is 0 Å². The summed E-state index contributed by atoms with van der Waals surface area (Å²) in [6.45, 7) is 0. The molecule has 1 aliphatic rings. The molecule has 1 aromatic heterocycles. The number of hydrogen-bond acceptors (Lipinski definition) is 2. The van der Waals surface area contributed by atoms with Gasteiger partial charge in [0.1, 0.15) is 0 Å². The van der Waals surface area contributed by atoms with Crippen LogP contribution in [0.5, 0.6) is 0 Å². The normalized spacial score (nSPS) is 24.6. The Kier molecular flexibility index (Phi) is 3.77. The zero-order chi connectivity index (χ0) is 11.5. The molecule has 2 unspecified atom stereocenters. The second kappa shape index (κ2) is 5.11. The maximum absolute atomic E-state index is 11.8. The fourth-order valence-corrected chi connectivity index (χ4v) is 2.60. The van der Waals surface area contributed by atoms with Crippen molar-refractivity contribution >= 4 is 29.1 Å². The van der Waals surface area contributed by atoms with Gasteiger partial charge in [0, 0.05) is 11.9 Å². The van der Waals surface area contributed by atoms with Crippen LogP contribution >= 0.6 is 23.2 Å². The monoisotopic (exact) mass is 261 g/mol. The average molecular weight is 262 g/mol. The van der Waals surface area contributed by atoms with Crippen LogP contribution in [0, 0.1) is 5.92 Å². The van der Waals surface area contributed by atoms with Gasteiger partial charge in [0.15, 0.2) is 11.0 Å². The fraction of sp³-hybridized carbons (Fsp3) is 0.545. The van der Waals surface area contributed by atoms with Gasteiger partial charge < -0.3 is 9.73 Å². The molecule has 5 heteroatoms. The van der Waals surface area contributed by atoms with Gasteiger partial charge in [-0.2, -0.15) is 0 Å². The van der Waals surface area contributed by atoms with Crippen LogP contribution in [0.3, 0.4) is 0 Å². The van der Waals surface area contributed by atoms with Gasteiger partial charge in [-0.25, -0.2) is 0 Å². The lowest BCUT2D eigenvalue weighted by Crippen LogP contribution is -2.37. The van der Waals surface area contributed by atoms with Crippen LogP contribution in [-0.2, 0) is 0 Å². The zero-order valence-corrected chi connectivity index (χ0v) is 10.2. The van der Waals surface area contributed by atoms with Crippen molar-refractivity contribution in [3.63, 3.8) is 0 Å². The predicted octanol–water partition coefficient (Wildman–Crippen LogP) is 3.07. The first kappa shape index (κ1) is 11.8. The molecule has 2 rings (SSSR count). The number of halogens is 2. The molecule has 0 spiro atoms. The number of nitrogens with one attached hydrogen (secondary N) is 1. The summed E-state index contributed by atoms with van der Waals surface area (Å²) >= 11 is 11.4. The van der Waals surface area contributed by atoms with Crippen LogP contribution in [-0.4, -0.2) is 17.8 Å². The number of carbonyl (C=O) groups excluding carboxylic acids is 1. The maximum atomic E-state index is 11.8. The number of amides is 1. The molecule has 0 aromatic carbocycles. The quantitative estimate of drug-likeness (QED) is 0.850. The highest BCUT2D eigenvalue weighted by atomic mass is 35.5. The Bertz CT molecular complexity index is 378. The number of rotatable bonds is 3. The van der Waals surface area contributed by atoms with E-state index < -0.39 is 0 Å². The molecule has 2 atom stereocenters. The summed E-state index contributed by atoms with van der Waals surface area (Å²) in [6.07, 6.45) is 3.17. The van der Waals surface area contributed by atoms with Crippen molar-refractivity contribution in [3.8, 4) is 0 Å². The molecular formula is C11H13Cl2NO2. The number of carbonyl (C=O) groups is 1. The van der Waals surface area contributed by atoms with Gasteiger partial charge in [-0.1, -0.05) is 6.42 Å². The SMILES string of the molecule is O=C(NC1CCCC1CCl)c1ccc(Cl)o1. The van der Waals surface area contributed by atoms with Gasteiger partial charge in [0.2, 0.25) is 0 Å². The first-order valence-electron chi connectivity index (χ1n) is 5.33. The molecule has 1 amide bonds. The summed E-state index contributed by atoms with van der Waals surface area (Å²) in [5, 5.41) is 3.16. The van der Waals surface area contributed by atoms with Gasteiger partial charge in [-0.15, -0.1) is 11.6 Å². The van der Waals surface area contributed by atoms with E-state index in [2.05, 4.69) is 5.32 Å². The molecule has 1 fully saturated rings. The van der Waals surface area contributed by atoms with E-state index in [1.807, 2.05) is 0 Å². The molecular weight excluding hydrogens is 249 g/mol. The van der Waals surface area contributed by atoms with Gasteiger partial charge in [0.25, 0.3) is 5.91 Å². The van der Waals surface area contributed by atoms with Crippen LogP contribution in [0.25, 0.3) is 0 Å². The van der Waals surface area contributed by atoms with Gasteiger partial charge in [0.05, 0.1) is 0 Å². The molecule has 0 radical (unpaired) electrons. The molecule has 1 saturated carbocycles. The van der Waals surface area contributed by atoms with E-state index in [-0.39, 0.29) is 22.9 Å². The third kappa shape index (κ3) is 2.53. The summed E-state index contributed by atoms with van der Waals surface area (Å²) < 4.78 is 5.04. The van der Waals surface area contributed by atoms with E-state index in [0.717, 1.165) is 19.3 Å². The van der Waals surface area contributed by atoms with Crippen LogP contribution in [0.2, 0.25) is 5.22 Å². The molecule has 1 aromatic rings. The Hall–Kier alpha value is -0.670. The van der Waals surface area contributed by atoms with Crippen molar-refractivity contribution in [1.29, 1.82) is 0 Å². The molecule has 1 N–H and O–H groups in total. The zero-order valence-electron chi connectivity index (χ0n) is 8.71. The lowest BCUT2D eigenvalue weighted by molar-refractivity contribution is 0.0902. The van der Waals surface area contributed by atoms with Crippen molar-refractivity contribution in [2.45, 2.75) is 25.3 Å². The Morgan fingerprint density at radius 1 is 1.50 bits per heavy atom. The molecule has 88 valence electrons. The maximum Gasteiger partial charge on any atom is 0.287 e. The van der Waals surface area contributed by atoms with E-state index in [9.17, 15) is 4.79 Å². The van der Waals surface area contributed by atoms with Crippen molar-refractivity contribution in [1.82, 2.24) is 5.32 Å². The van der Waals surface area contributed by atoms with E-state index in [4.69, 9.17) is 27.6 Å². The highest BCUT2D eigenvalue weighted by Crippen LogP contribution is 2.27. The molecule has 1 heterocycles. The Labute approximate surface area is 104 Å². The van der Waals surface area contributed by atoms with Crippen molar-refractivity contribution in [2.24, 2.45) is 5.92 Å². The Balaban J connectivity index is 1.97. The Morgan fingerprint density at radius 3 is 2.94 bits per heavy atom. The van der Waals surface area contributed by atoms with E-state index >= 15 is 0 Å². The number of furan rings is 1. The summed E-state index contributed by atoms with van der Waals surface area (Å²) in [5.41, 5.74) is 0. The number of alkyl halides is 1. The van der Waals surface area contributed by atoms with E-state index in [0.29, 0.717) is 11.8 Å². The van der Waals surface area contributed by atoms with E-state index in [1.54, 1.807) is 12.1 Å². The van der Waals surface area contributed by atoms with Crippen LogP contribution < -0.4 is 5.32 Å². The summed E-state index contributed by atoms with van der Waals surface area (Å²) in [4.78, 5) is 11.8. The first-order valence-corrected chi connectivity index (χ1v) is 6.24.